The van der Waals surface area contributed by atoms with Crippen LogP contribution in [0.4, 0.5) is 0 Å². The predicted molar refractivity (Wildman–Crippen MR) is 75.6 cm³/mol. The Kier molecular flexibility index (Phi) is 4.52. The summed E-state index contributed by atoms with van der Waals surface area (Å²) in [7, 11) is 0. The maximum absolute atomic E-state index is 5.83. The van der Waals surface area contributed by atoms with Gasteiger partial charge >= 0.3 is 0 Å². The number of hydrogen-bond acceptors (Lipinski definition) is 4. The molecule has 0 saturated carbocycles. The Morgan fingerprint density at radius 3 is 2.68 bits per heavy atom. The van der Waals surface area contributed by atoms with Gasteiger partial charge in [0.05, 0.1) is 22.5 Å². The molecule has 0 fully saturated rings. The fourth-order valence-electron chi connectivity index (χ4n) is 1.83. The minimum Gasteiger partial charge on any atom is -0.271 e. The number of halogens is 1. The van der Waals surface area contributed by atoms with Crippen LogP contribution in [0, 0.1) is 0 Å². The molecule has 0 aliphatic carbocycles. The molecule has 2 aromatic heterocycles. The van der Waals surface area contributed by atoms with E-state index in [9.17, 15) is 0 Å². The molecule has 0 aliphatic heterocycles. The second kappa shape index (κ2) is 6.14. The fourth-order valence-corrected chi connectivity index (χ4v) is 1.94. The number of hydrogen-bond donors (Lipinski definition) is 2. The zero-order valence-corrected chi connectivity index (χ0v) is 11.8. The van der Waals surface area contributed by atoms with Gasteiger partial charge < -0.3 is 0 Å². The van der Waals surface area contributed by atoms with Crippen LogP contribution >= 0.6 is 11.6 Å². The minimum absolute atomic E-state index is 0.0761. The summed E-state index contributed by atoms with van der Waals surface area (Å²) in [5, 5.41) is 5.12. The molecule has 1 atom stereocenters. The van der Waals surface area contributed by atoms with E-state index in [2.05, 4.69) is 29.4 Å². The molecular weight excluding hydrogens is 262 g/mol. The molecule has 1 unspecified atom stereocenters. The number of nitrogens with one attached hydrogen (secondary N) is 1. The second-order valence-corrected chi connectivity index (χ2v) is 5.14. The summed E-state index contributed by atoms with van der Waals surface area (Å²) >= 11 is 5.83. The largest absolute Gasteiger partial charge is 0.271 e. The molecule has 0 saturated heterocycles. The standard InChI is InChI=1S/C13H18ClN5/c1-9(2)19-6-5-11(18-19)7-13(17-15)12-4-3-10(14)8-16-12/h3-6,8-9,13,17H,7,15H2,1-2H3. The van der Waals surface area contributed by atoms with Crippen LogP contribution in [0.25, 0.3) is 0 Å². The first kappa shape index (κ1) is 14.0. The molecule has 0 aliphatic rings. The van der Waals surface area contributed by atoms with Crippen LogP contribution in [-0.4, -0.2) is 14.8 Å². The van der Waals surface area contributed by atoms with Crippen molar-refractivity contribution in [1.82, 2.24) is 20.2 Å². The van der Waals surface area contributed by atoms with Crippen molar-refractivity contribution in [2.45, 2.75) is 32.4 Å². The molecule has 6 heteroatoms. The van der Waals surface area contributed by atoms with Crippen molar-refractivity contribution in [3.63, 3.8) is 0 Å². The predicted octanol–water partition coefficient (Wildman–Crippen LogP) is 2.26. The average molecular weight is 280 g/mol. The Morgan fingerprint density at radius 1 is 1.37 bits per heavy atom. The smallest absolute Gasteiger partial charge is 0.0688 e. The van der Waals surface area contributed by atoms with E-state index in [1.54, 1.807) is 12.3 Å². The normalized spacial score (nSPS) is 12.9. The summed E-state index contributed by atoms with van der Waals surface area (Å²) in [6, 6.07) is 5.95. The Morgan fingerprint density at radius 2 is 2.16 bits per heavy atom. The number of hydrazine groups is 1. The van der Waals surface area contributed by atoms with E-state index < -0.39 is 0 Å². The van der Waals surface area contributed by atoms with Crippen molar-refractivity contribution >= 4 is 11.6 Å². The highest BCUT2D eigenvalue weighted by Gasteiger charge is 2.14. The molecule has 5 nitrogen and oxygen atoms in total. The van der Waals surface area contributed by atoms with Crippen LogP contribution in [0.15, 0.2) is 30.6 Å². The summed E-state index contributed by atoms with van der Waals surface area (Å²) in [4.78, 5) is 4.28. The molecule has 0 bridgehead atoms. The average Bonchev–Trinajstić information content (AvgIpc) is 2.86. The Labute approximate surface area is 117 Å². The Balaban J connectivity index is 2.12. The van der Waals surface area contributed by atoms with Crippen molar-refractivity contribution in [1.29, 1.82) is 0 Å². The lowest BCUT2D eigenvalue weighted by Gasteiger charge is -2.14. The van der Waals surface area contributed by atoms with Crippen molar-refractivity contribution in [2.24, 2.45) is 5.84 Å². The van der Waals surface area contributed by atoms with Crippen molar-refractivity contribution in [3.8, 4) is 0 Å². The Hall–Kier alpha value is -1.43. The van der Waals surface area contributed by atoms with Gasteiger partial charge in [0.15, 0.2) is 0 Å². The van der Waals surface area contributed by atoms with Crippen LogP contribution in [-0.2, 0) is 6.42 Å². The van der Waals surface area contributed by atoms with Crippen LogP contribution < -0.4 is 11.3 Å². The van der Waals surface area contributed by atoms with Gasteiger partial charge in [-0.15, -0.1) is 0 Å². The quantitative estimate of drug-likeness (QED) is 0.651. The van der Waals surface area contributed by atoms with Gasteiger partial charge in [-0.25, -0.2) is 0 Å². The van der Waals surface area contributed by atoms with E-state index in [-0.39, 0.29) is 6.04 Å². The molecule has 19 heavy (non-hydrogen) atoms. The lowest BCUT2D eigenvalue weighted by molar-refractivity contribution is 0.502. The van der Waals surface area contributed by atoms with Gasteiger partial charge in [0, 0.05) is 24.9 Å². The highest BCUT2D eigenvalue weighted by atomic mass is 35.5. The van der Waals surface area contributed by atoms with Gasteiger partial charge in [-0.3, -0.25) is 20.9 Å². The number of rotatable bonds is 5. The molecule has 102 valence electrons. The highest BCUT2D eigenvalue weighted by molar-refractivity contribution is 6.30. The molecule has 0 aromatic carbocycles. The van der Waals surface area contributed by atoms with Gasteiger partial charge in [0.25, 0.3) is 0 Å². The highest BCUT2D eigenvalue weighted by Crippen LogP contribution is 2.17. The van der Waals surface area contributed by atoms with Crippen molar-refractivity contribution < 1.29 is 0 Å². The van der Waals surface area contributed by atoms with Gasteiger partial charge in [-0.1, -0.05) is 11.6 Å². The number of nitrogens with two attached hydrogens (primary N) is 1. The zero-order chi connectivity index (χ0) is 13.8. The lowest BCUT2D eigenvalue weighted by Crippen LogP contribution is -2.30. The molecule has 0 spiro atoms. The van der Waals surface area contributed by atoms with Gasteiger partial charge in [-0.2, -0.15) is 5.10 Å². The van der Waals surface area contributed by atoms with Crippen LogP contribution in [0.5, 0.6) is 0 Å². The summed E-state index contributed by atoms with van der Waals surface area (Å²) in [6.45, 7) is 4.19. The number of nitrogens with zero attached hydrogens (tertiary/aromatic N) is 3. The van der Waals surface area contributed by atoms with E-state index in [1.165, 1.54) is 0 Å². The summed E-state index contributed by atoms with van der Waals surface area (Å²) in [5.41, 5.74) is 4.60. The first-order valence-electron chi connectivity index (χ1n) is 6.21. The molecule has 2 aromatic rings. The topological polar surface area (TPSA) is 68.8 Å². The molecule has 2 heterocycles. The molecule has 0 amide bonds. The lowest BCUT2D eigenvalue weighted by atomic mass is 10.1. The van der Waals surface area contributed by atoms with Crippen molar-refractivity contribution in [3.05, 3.63) is 47.0 Å². The summed E-state index contributed by atoms with van der Waals surface area (Å²) in [6.07, 6.45) is 4.28. The van der Waals surface area contributed by atoms with E-state index in [0.717, 1.165) is 11.4 Å². The third-order valence-electron chi connectivity index (χ3n) is 2.91. The number of pyridine rings is 1. The summed E-state index contributed by atoms with van der Waals surface area (Å²) < 4.78 is 1.93. The fraction of sp³-hybridized carbons (Fsp3) is 0.385. The van der Waals surface area contributed by atoms with E-state index in [0.29, 0.717) is 17.5 Å². The maximum Gasteiger partial charge on any atom is 0.0688 e. The first-order valence-corrected chi connectivity index (χ1v) is 6.59. The SMILES string of the molecule is CC(C)n1ccc(CC(NN)c2ccc(Cl)cn2)n1. The number of aromatic nitrogens is 3. The van der Waals surface area contributed by atoms with E-state index in [4.69, 9.17) is 17.4 Å². The molecule has 0 radical (unpaired) electrons. The molecule has 2 rings (SSSR count). The van der Waals surface area contributed by atoms with Crippen molar-refractivity contribution in [2.75, 3.05) is 0 Å². The van der Waals surface area contributed by atoms with Gasteiger partial charge in [0.1, 0.15) is 0 Å². The molecule has 3 N–H and O–H groups in total. The second-order valence-electron chi connectivity index (χ2n) is 4.71. The van der Waals surface area contributed by atoms with Gasteiger partial charge in [-0.05, 0) is 32.0 Å². The first-order chi connectivity index (χ1) is 9.10. The zero-order valence-electron chi connectivity index (χ0n) is 11.0. The maximum atomic E-state index is 5.83. The monoisotopic (exact) mass is 279 g/mol. The van der Waals surface area contributed by atoms with Crippen LogP contribution in [0.3, 0.4) is 0 Å². The third-order valence-corrected chi connectivity index (χ3v) is 3.14. The van der Waals surface area contributed by atoms with Gasteiger partial charge in [0.2, 0.25) is 0 Å². The van der Waals surface area contributed by atoms with Crippen LogP contribution in [0.2, 0.25) is 5.02 Å². The Bertz CT molecular complexity index is 520. The molecular formula is C13H18ClN5. The van der Waals surface area contributed by atoms with E-state index in [1.807, 2.05) is 23.0 Å². The van der Waals surface area contributed by atoms with Crippen LogP contribution in [0.1, 0.15) is 37.3 Å². The van der Waals surface area contributed by atoms with E-state index >= 15 is 0 Å². The summed E-state index contributed by atoms with van der Waals surface area (Å²) in [5.74, 6) is 5.60. The minimum atomic E-state index is -0.0761. The third kappa shape index (κ3) is 3.53.